The van der Waals surface area contributed by atoms with E-state index in [0.717, 1.165) is 0 Å². The molecule has 0 radical (unpaired) electrons. The fourth-order valence-corrected chi connectivity index (χ4v) is 2.01. The van der Waals surface area contributed by atoms with Crippen molar-refractivity contribution in [1.29, 1.82) is 0 Å². The molecule has 1 rings (SSSR count). The Morgan fingerprint density at radius 2 is 2.50 bits per heavy atom. The van der Waals surface area contributed by atoms with Crippen molar-refractivity contribution in [2.75, 3.05) is 11.5 Å². The van der Waals surface area contributed by atoms with E-state index >= 15 is 0 Å². The third kappa shape index (κ3) is 1.91. The van der Waals surface area contributed by atoms with Gasteiger partial charge in [0.2, 0.25) is 0 Å². The lowest BCUT2D eigenvalue weighted by molar-refractivity contribution is 1.16. The van der Waals surface area contributed by atoms with Crippen molar-refractivity contribution in [2.24, 2.45) is 0 Å². The molecule has 56 valence electrons. The Balaban J connectivity index is 2.62. The van der Waals surface area contributed by atoms with Crippen molar-refractivity contribution in [3.63, 3.8) is 0 Å². The predicted octanol–water partition coefficient (Wildman–Crippen LogP) is 3.02. The molecule has 0 aromatic carbocycles. The van der Waals surface area contributed by atoms with Gasteiger partial charge in [-0.1, -0.05) is 17.7 Å². The van der Waals surface area contributed by atoms with Crippen molar-refractivity contribution in [1.82, 2.24) is 0 Å². The number of hydrogen-bond acceptors (Lipinski definition) is 1. The zero-order valence-corrected chi connectivity index (χ0v) is 7.50. The second-order valence-electron chi connectivity index (χ2n) is 2.54. The minimum atomic E-state index is 1.22. The summed E-state index contributed by atoms with van der Waals surface area (Å²) in [7, 11) is 0. The van der Waals surface area contributed by atoms with Crippen molar-refractivity contribution in [2.45, 2.75) is 20.3 Å². The summed E-state index contributed by atoms with van der Waals surface area (Å²) < 4.78 is 0. The van der Waals surface area contributed by atoms with E-state index in [2.05, 4.69) is 26.0 Å². The van der Waals surface area contributed by atoms with Gasteiger partial charge in [-0.2, -0.15) is 11.8 Å². The van der Waals surface area contributed by atoms with Gasteiger partial charge in [0, 0.05) is 5.75 Å². The molecule has 0 unspecified atom stereocenters. The maximum Gasteiger partial charge on any atom is 0.0184 e. The fraction of sp³-hybridized carbons (Fsp3) is 0.556. The highest BCUT2D eigenvalue weighted by Gasteiger charge is 2.03. The number of allylic oxidation sites excluding steroid dienone is 3. The molecule has 0 bridgehead atoms. The molecule has 0 aromatic rings. The van der Waals surface area contributed by atoms with Crippen LogP contribution in [0.5, 0.6) is 0 Å². The van der Waals surface area contributed by atoms with Gasteiger partial charge in [0.05, 0.1) is 0 Å². The van der Waals surface area contributed by atoms with Crippen LogP contribution in [0, 0.1) is 0 Å². The van der Waals surface area contributed by atoms with Gasteiger partial charge in [-0.05, 0) is 31.6 Å². The third-order valence-electron chi connectivity index (χ3n) is 1.85. The summed E-state index contributed by atoms with van der Waals surface area (Å²) >= 11 is 2.04. The van der Waals surface area contributed by atoms with E-state index in [1.54, 1.807) is 5.57 Å². The van der Waals surface area contributed by atoms with E-state index in [-0.39, 0.29) is 0 Å². The summed E-state index contributed by atoms with van der Waals surface area (Å²) in [5, 5.41) is 0. The van der Waals surface area contributed by atoms with Gasteiger partial charge in [0.25, 0.3) is 0 Å². The highest BCUT2D eigenvalue weighted by Crippen LogP contribution is 2.21. The Morgan fingerprint density at radius 3 is 3.00 bits per heavy atom. The van der Waals surface area contributed by atoms with Crippen LogP contribution >= 0.6 is 11.8 Å². The van der Waals surface area contributed by atoms with Gasteiger partial charge in [-0.15, -0.1) is 0 Å². The first-order chi connectivity index (χ1) is 4.84. The van der Waals surface area contributed by atoms with Gasteiger partial charge in [-0.25, -0.2) is 0 Å². The predicted molar refractivity (Wildman–Crippen MR) is 49.5 cm³/mol. The van der Waals surface area contributed by atoms with Crippen LogP contribution in [-0.4, -0.2) is 11.5 Å². The lowest BCUT2D eigenvalue weighted by Gasteiger charge is -2.11. The normalized spacial score (nSPS) is 20.6. The summed E-state index contributed by atoms with van der Waals surface area (Å²) in [6.45, 7) is 4.30. The smallest absolute Gasteiger partial charge is 0.0184 e. The third-order valence-corrected chi connectivity index (χ3v) is 2.89. The van der Waals surface area contributed by atoms with Crippen molar-refractivity contribution in [3.8, 4) is 0 Å². The molecule has 0 saturated heterocycles. The van der Waals surface area contributed by atoms with Gasteiger partial charge < -0.3 is 0 Å². The largest absolute Gasteiger partial charge is 0.157 e. The van der Waals surface area contributed by atoms with Gasteiger partial charge >= 0.3 is 0 Å². The lowest BCUT2D eigenvalue weighted by atomic mass is 10.1. The van der Waals surface area contributed by atoms with E-state index in [0.29, 0.717) is 0 Å². The second kappa shape index (κ2) is 3.87. The minimum Gasteiger partial charge on any atom is -0.157 e. The average Bonchev–Trinajstić information content (AvgIpc) is 2.05. The molecule has 1 aliphatic heterocycles. The van der Waals surface area contributed by atoms with E-state index < -0.39 is 0 Å². The highest BCUT2D eigenvalue weighted by molar-refractivity contribution is 7.99. The van der Waals surface area contributed by atoms with Crippen LogP contribution in [0.1, 0.15) is 20.3 Å². The SMILES string of the molecule is C/C=C(\C)C1=CCCSC1. The monoisotopic (exact) mass is 154 g/mol. The summed E-state index contributed by atoms with van der Waals surface area (Å²) in [5.41, 5.74) is 2.99. The zero-order valence-electron chi connectivity index (χ0n) is 6.68. The van der Waals surface area contributed by atoms with E-state index in [1.807, 2.05) is 11.8 Å². The molecule has 0 saturated carbocycles. The number of rotatable bonds is 1. The first-order valence-electron chi connectivity index (χ1n) is 3.74. The highest BCUT2D eigenvalue weighted by atomic mass is 32.2. The minimum absolute atomic E-state index is 1.22. The Morgan fingerprint density at radius 1 is 1.70 bits per heavy atom. The maximum atomic E-state index is 2.37. The molecule has 0 aromatic heterocycles. The molecule has 0 atom stereocenters. The number of hydrogen-bond donors (Lipinski definition) is 0. The summed E-state index contributed by atoms with van der Waals surface area (Å²) in [4.78, 5) is 0. The first kappa shape index (κ1) is 7.93. The summed E-state index contributed by atoms with van der Waals surface area (Å²) in [6.07, 6.45) is 5.81. The van der Waals surface area contributed by atoms with Crippen LogP contribution in [0.4, 0.5) is 0 Å². The molecule has 0 aliphatic carbocycles. The van der Waals surface area contributed by atoms with Gasteiger partial charge in [0.1, 0.15) is 0 Å². The molecule has 0 spiro atoms. The van der Waals surface area contributed by atoms with Crippen molar-refractivity contribution < 1.29 is 0 Å². The zero-order chi connectivity index (χ0) is 7.40. The van der Waals surface area contributed by atoms with E-state index in [1.165, 1.54) is 23.5 Å². The Hall–Kier alpha value is -0.170. The first-order valence-corrected chi connectivity index (χ1v) is 4.90. The molecule has 0 fully saturated rings. The van der Waals surface area contributed by atoms with Crippen LogP contribution < -0.4 is 0 Å². The maximum absolute atomic E-state index is 2.37. The van der Waals surface area contributed by atoms with E-state index in [4.69, 9.17) is 0 Å². The Bertz CT molecular complexity index is 166. The Kier molecular flexibility index (Phi) is 3.07. The molecule has 0 amide bonds. The van der Waals surface area contributed by atoms with Gasteiger partial charge in [0.15, 0.2) is 0 Å². The molecular weight excluding hydrogens is 140 g/mol. The molecule has 0 nitrogen and oxygen atoms in total. The van der Waals surface area contributed by atoms with Crippen molar-refractivity contribution in [3.05, 3.63) is 23.3 Å². The van der Waals surface area contributed by atoms with Crippen LogP contribution in [0.25, 0.3) is 0 Å². The molecule has 1 aliphatic rings. The molecule has 0 N–H and O–H groups in total. The van der Waals surface area contributed by atoms with Crippen molar-refractivity contribution >= 4 is 11.8 Å². The van der Waals surface area contributed by atoms with E-state index in [9.17, 15) is 0 Å². The topological polar surface area (TPSA) is 0 Å². The van der Waals surface area contributed by atoms with Crippen LogP contribution in [0.15, 0.2) is 23.3 Å². The molecule has 10 heavy (non-hydrogen) atoms. The quantitative estimate of drug-likeness (QED) is 0.559. The molecule has 1 heteroatoms. The van der Waals surface area contributed by atoms with Crippen LogP contribution in [0.2, 0.25) is 0 Å². The number of thioether (sulfide) groups is 1. The average molecular weight is 154 g/mol. The van der Waals surface area contributed by atoms with Crippen LogP contribution in [0.3, 0.4) is 0 Å². The lowest BCUT2D eigenvalue weighted by Crippen LogP contribution is -1.96. The second-order valence-corrected chi connectivity index (χ2v) is 3.65. The summed E-state index contributed by atoms with van der Waals surface area (Å²) in [5.74, 6) is 2.52. The van der Waals surface area contributed by atoms with Crippen LogP contribution in [-0.2, 0) is 0 Å². The van der Waals surface area contributed by atoms with Gasteiger partial charge in [-0.3, -0.25) is 0 Å². The summed E-state index contributed by atoms with van der Waals surface area (Å²) in [6, 6.07) is 0. The molecular formula is C9H14S. The standard InChI is InChI=1S/C9H14S/c1-3-8(2)9-5-4-6-10-7-9/h3,5H,4,6-7H2,1-2H3/b8-3+. The molecule has 1 heterocycles. The fourth-order valence-electron chi connectivity index (χ4n) is 1.02. The Labute approximate surface area is 67.4 Å².